The summed E-state index contributed by atoms with van der Waals surface area (Å²) in [4.78, 5) is 0. The van der Waals surface area contributed by atoms with E-state index in [0.29, 0.717) is 12.0 Å². The molecule has 60 valence electrons. The van der Waals surface area contributed by atoms with E-state index in [1.165, 1.54) is 6.08 Å². The van der Waals surface area contributed by atoms with Gasteiger partial charge >= 0.3 is 0 Å². The molecule has 0 radical (unpaired) electrons. The van der Waals surface area contributed by atoms with Crippen LogP contribution in [0.3, 0.4) is 0 Å². The van der Waals surface area contributed by atoms with Gasteiger partial charge in [-0.05, 0) is 12.0 Å². The SMILES string of the molecule is C=CC/C(C=C)=C(\O)C(=C)Cl. The van der Waals surface area contributed by atoms with Crippen molar-refractivity contribution in [3.8, 4) is 0 Å². The first-order valence-electron chi connectivity index (χ1n) is 3.13. The topological polar surface area (TPSA) is 20.2 Å². The molecule has 0 heterocycles. The summed E-state index contributed by atoms with van der Waals surface area (Å²) in [5.74, 6) is -0.0124. The fourth-order valence-electron chi connectivity index (χ4n) is 0.606. The molecule has 11 heavy (non-hydrogen) atoms. The lowest BCUT2D eigenvalue weighted by Crippen LogP contribution is -1.86. The Hall–Kier alpha value is -0.950. The molecule has 0 aromatic rings. The van der Waals surface area contributed by atoms with E-state index in [1.807, 2.05) is 0 Å². The maximum absolute atomic E-state index is 9.25. The summed E-state index contributed by atoms with van der Waals surface area (Å²) in [6.07, 6.45) is 3.73. The van der Waals surface area contributed by atoms with E-state index >= 15 is 0 Å². The fourth-order valence-corrected chi connectivity index (χ4v) is 0.728. The maximum Gasteiger partial charge on any atom is 0.137 e. The molecular weight excluding hydrogens is 160 g/mol. The summed E-state index contributed by atoms with van der Waals surface area (Å²) in [5.41, 5.74) is 0.639. The minimum absolute atomic E-state index is 0.0124. The number of rotatable bonds is 4. The van der Waals surface area contributed by atoms with Gasteiger partial charge in [0.05, 0.1) is 5.03 Å². The summed E-state index contributed by atoms with van der Waals surface area (Å²) in [7, 11) is 0. The van der Waals surface area contributed by atoms with Crippen molar-refractivity contribution in [2.45, 2.75) is 6.42 Å². The van der Waals surface area contributed by atoms with Crippen molar-refractivity contribution < 1.29 is 5.11 Å². The van der Waals surface area contributed by atoms with Gasteiger partial charge < -0.3 is 5.11 Å². The van der Waals surface area contributed by atoms with Crippen molar-refractivity contribution in [2.75, 3.05) is 0 Å². The molecule has 0 unspecified atom stereocenters. The lowest BCUT2D eigenvalue weighted by atomic mass is 10.1. The zero-order valence-electron chi connectivity index (χ0n) is 6.31. The third-order valence-electron chi connectivity index (χ3n) is 1.17. The standard InChI is InChI=1S/C9H11ClO/c1-4-6-8(5-2)9(11)7(3)10/h4-5,11H,1-3,6H2/b9-8-. The first-order valence-corrected chi connectivity index (χ1v) is 3.51. The van der Waals surface area contributed by atoms with Gasteiger partial charge in [-0.3, -0.25) is 0 Å². The zero-order chi connectivity index (χ0) is 8.85. The third-order valence-corrected chi connectivity index (χ3v) is 1.35. The average molecular weight is 171 g/mol. The van der Waals surface area contributed by atoms with Crippen LogP contribution >= 0.6 is 11.6 Å². The Balaban J connectivity index is 4.66. The van der Waals surface area contributed by atoms with Gasteiger partial charge in [-0.25, -0.2) is 0 Å². The molecule has 0 aliphatic rings. The van der Waals surface area contributed by atoms with Crippen molar-refractivity contribution in [3.63, 3.8) is 0 Å². The Morgan fingerprint density at radius 3 is 2.27 bits per heavy atom. The molecule has 0 fully saturated rings. The van der Waals surface area contributed by atoms with Gasteiger partial charge in [0, 0.05) is 0 Å². The average Bonchev–Trinajstić information content (AvgIpc) is 1.98. The lowest BCUT2D eigenvalue weighted by molar-refractivity contribution is 0.423. The largest absolute Gasteiger partial charge is 0.506 e. The van der Waals surface area contributed by atoms with Crippen molar-refractivity contribution in [1.29, 1.82) is 0 Å². The van der Waals surface area contributed by atoms with E-state index in [0.717, 1.165) is 0 Å². The van der Waals surface area contributed by atoms with E-state index in [4.69, 9.17) is 11.6 Å². The van der Waals surface area contributed by atoms with E-state index in [2.05, 4.69) is 19.7 Å². The number of allylic oxidation sites excluding steroid dienone is 4. The van der Waals surface area contributed by atoms with Crippen LogP contribution in [0.25, 0.3) is 0 Å². The van der Waals surface area contributed by atoms with Crippen molar-refractivity contribution >= 4 is 11.6 Å². The highest BCUT2D eigenvalue weighted by Crippen LogP contribution is 2.17. The number of halogens is 1. The van der Waals surface area contributed by atoms with Crippen LogP contribution in [-0.4, -0.2) is 5.11 Å². The highest BCUT2D eigenvalue weighted by Gasteiger charge is 2.01. The molecule has 0 saturated carbocycles. The molecular formula is C9H11ClO. The third kappa shape index (κ3) is 3.10. The van der Waals surface area contributed by atoms with E-state index in [1.54, 1.807) is 6.08 Å². The number of aliphatic hydroxyl groups is 1. The van der Waals surface area contributed by atoms with E-state index < -0.39 is 0 Å². The van der Waals surface area contributed by atoms with Crippen LogP contribution in [0, 0.1) is 0 Å². The lowest BCUT2D eigenvalue weighted by Gasteiger charge is -2.01. The van der Waals surface area contributed by atoms with Crippen LogP contribution in [0.15, 0.2) is 48.3 Å². The second kappa shape index (κ2) is 4.80. The van der Waals surface area contributed by atoms with Gasteiger partial charge in [0.15, 0.2) is 0 Å². The monoisotopic (exact) mass is 170 g/mol. The smallest absolute Gasteiger partial charge is 0.137 e. The van der Waals surface area contributed by atoms with Gasteiger partial charge in [-0.1, -0.05) is 36.9 Å². The van der Waals surface area contributed by atoms with Crippen LogP contribution in [0.2, 0.25) is 0 Å². The Labute approximate surface area is 72.0 Å². The minimum atomic E-state index is -0.0124. The number of aliphatic hydroxyl groups excluding tert-OH is 1. The summed E-state index contributed by atoms with van der Waals surface area (Å²) < 4.78 is 0. The second-order valence-electron chi connectivity index (χ2n) is 1.98. The Morgan fingerprint density at radius 2 is 2.00 bits per heavy atom. The van der Waals surface area contributed by atoms with Crippen LogP contribution in [0.1, 0.15) is 6.42 Å². The quantitative estimate of drug-likeness (QED) is 0.390. The molecule has 0 amide bonds. The van der Waals surface area contributed by atoms with Crippen LogP contribution in [-0.2, 0) is 0 Å². The normalized spacial score (nSPS) is 11.7. The molecule has 0 aromatic heterocycles. The van der Waals surface area contributed by atoms with Gasteiger partial charge in [-0.2, -0.15) is 0 Å². The van der Waals surface area contributed by atoms with Crippen LogP contribution in [0.5, 0.6) is 0 Å². The minimum Gasteiger partial charge on any atom is -0.506 e. The van der Waals surface area contributed by atoms with E-state index in [-0.39, 0.29) is 10.8 Å². The molecule has 0 saturated heterocycles. The summed E-state index contributed by atoms with van der Waals surface area (Å²) in [6.45, 7) is 10.4. The Kier molecular flexibility index (Phi) is 4.39. The summed E-state index contributed by atoms with van der Waals surface area (Å²) >= 11 is 5.45. The predicted molar refractivity (Wildman–Crippen MR) is 49.7 cm³/mol. The molecule has 0 spiro atoms. The predicted octanol–water partition coefficient (Wildman–Crippen LogP) is 3.31. The number of hydrogen-bond acceptors (Lipinski definition) is 1. The van der Waals surface area contributed by atoms with Crippen molar-refractivity contribution in [1.82, 2.24) is 0 Å². The van der Waals surface area contributed by atoms with Crippen molar-refractivity contribution in [2.24, 2.45) is 0 Å². The van der Waals surface area contributed by atoms with Crippen LogP contribution in [0.4, 0.5) is 0 Å². The fraction of sp³-hybridized carbons (Fsp3) is 0.111. The molecule has 0 aromatic carbocycles. The van der Waals surface area contributed by atoms with Crippen LogP contribution < -0.4 is 0 Å². The molecule has 0 aliphatic heterocycles. The second-order valence-corrected chi connectivity index (χ2v) is 2.43. The maximum atomic E-state index is 9.25. The van der Waals surface area contributed by atoms with Crippen molar-refractivity contribution in [3.05, 3.63) is 48.3 Å². The molecule has 1 N–H and O–H groups in total. The molecule has 2 heteroatoms. The molecule has 1 nitrogen and oxygen atoms in total. The molecule has 0 atom stereocenters. The Bertz CT molecular complexity index is 214. The highest BCUT2D eigenvalue weighted by molar-refractivity contribution is 6.31. The highest BCUT2D eigenvalue weighted by atomic mass is 35.5. The molecule has 0 bridgehead atoms. The Morgan fingerprint density at radius 1 is 1.45 bits per heavy atom. The molecule has 0 aliphatic carbocycles. The van der Waals surface area contributed by atoms with Gasteiger partial charge in [-0.15, -0.1) is 6.58 Å². The molecule has 0 rings (SSSR count). The van der Waals surface area contributed by atoms with Gasteiger partial charge in [0.1, 0.15) is 5.76 Å². The summed E-state index contributed by atoms with van der Waals surface area (Å²) in [5, 5.41) is 9.37. The van der Waals surface area contributed by atoms with Gasteiger partial charge in [0.2, 0.25) is 0 Å². The first kappa shape index (κ1) is 10.0. The number of hydrogen-bond donors (Lipinski definition) is 1. The first-order chi connectivity index (χ1) is 5.13. The zero-order valence-corrected chi connectivity index (χ0v) is 7.06. The van der Waals surface area contributed by atoms with Gasteiger partial charge in [0.25, 0.3) is 0 Å². The van der Waals surface area contributed by atoms with E-state index in [9.17, 15) is 5.11 Å². The summed E-state index contributed by atoms with van der Waals surface area (Å²) in [6, 6.07) is 0.